The van der Waals surface area contributed by atoms with Crippen molar-refractivity contribution in [3.05, 3.63) is 57.6 Å². The molecule has 0 aliphatic carbocycles. The summed E-state index contributed by atoms with van der Waals surface area (Å²) in [6.45, 7) is 3.44. The van der Waals surface area contributed by atoms with Gasteiger partial charge in [0, 0.05) is 23.2 Å². The van der Waals surface area contributed by atoms with E-state index in [1.165, 1.54) is 0 Å². The van der Waals surface area contributed by atoms with Gasteiger partial charge in [-0.1, -0.05) is 22.0 Å². The van der Waals surface area contributed by atoms with Gasteiger partial charge in [0.1, 0.15) is 0 Å². The maximum Gasteiger partial charge on any atom is 0.261 e. The van der Waals surface area contributed by atoms with Crippen molar-refractivity contribution in [2.75, 3.05) is 4.72 Å². The van der Waals surface area contributed by atoms with Crippen molar-refractivity contribution in [1.29, 1.82) is 0 Å². The van der Waals surface area contributed by atoms with Crippen LogP contribution in [0.1, 0.15) is 16.7 Å². The zero-order valence-corrected chi connectivity index (χ0v) is 13.9. The van der Waals surface area contributed by atoms with Crippen LogP contribution in [0.4, 0.5) is 5.69 Å². The molecule has 2 N–H and O–H groups in total. The fourth-order valence-corrected chi connectivity index (χ4v) is 3.71. The number of benzene rings is 2. The molecule has 0 bridgehead atoms. The summed E-state index contributed by atoms with van der Waals surface area (Å²) in [6.07, 6.45) is 0. The number of hydrogen-bond acceptors (Lipinski definition) is 3. The summed E-state index contributed by atoms with van der Waals surface area (Å²) in [7, 11) is -3.56. The highest BCUT2D eigenvalue weighted by Gasteiger charge is 2.18. The molecule has 0 saturated carbocycles. The van der Waals surface area contributed by atoms with Crippen LogP contribution in [-0.2, 0) is 23.1 Å². The van der Waals surface area contributed by atoms with Gasteiger partial charge in [-0.15, -0.1) is 0 Å². The topological polar surface area (TPSA) is 58.2 Å². The summed E-state index contributed by atoms with van der Waals surface area (Å²) in [5.74, 6) is 0. The highest BCUT2D eigenvalue weighted by molar-refractivity contribution is 9.10. The van der Waals surface area contributed by atoms with Crippen LogP contribution in [0.5, 0.6) is 0 Å². The molecule has 4 nitrogen and oxygen atoms in total. The summed E-state index contributed by atoms with van der Waals surface area (Å²) >= 11 is 3.40. The average molecular weight is 367 g/mol. The quantitative estimate of drug-likeness (QED) is 0.876. The predicted octanol–water partition coefficient (Wildman–Crippen LogP) is 3.16. The number of halogens is 1. The summed E-state index contributed by atoms with van der Waals surface area (Å²) in [5.41, 5.74) is 3.75. The lowest BCUT2D eigenvalue weighted by atomic mass is 10.1. The molecule has 0 spiro atoms. The molecule has 0 fully saturated rings. The van der Waals surface area contributed by atoms with E-state index in [0.717, 1.165) is 34.3 Å². The van der Waals surface area contributed by atoms with E-state index in [2.05, 4.69) is 26.0 Å². The number of rotatable bonds is 3. The molecule has 21 heavy (non-hydrogen) atoms. The highest BCUT2D eigenvalue weighted by Crippen LogP contribution is 2.24. The first kappa shape index (κ1) is 14.6. The first-order valence-electron chi connectivity index (χ1n) is 6.57. The summed E-state index contributed by atoms with van der Waals surface area (Å²) in [4.78, 5) is 0.297. The van der Waals surface area contributed by atoms with Gasteiger partial charge in [0.05, 0.1) is 4.90 Å². The normalized spacial score (nSPS) is 14.0. The molecule has 1 aliphatic rings. The van der Waals surface area contributed by atoms with E-state index < -0.39 is 10.0 Å². The molecule has 6 heteroatoms. The third-order valence-corrected chi connectivity index (χ3v) is 5.80. The molecule has 0 radical (unpaired) electrons. The lowest BCUT2D eigenvalue weighted by Gasteiger charge is -2.10. The number of hydrogen-bond donors (Lipinski definition) is 2. The van der Waals surface area contributed by atoms with Gasteiger partial charge in [0.25, 0.3) is 10.0 Å². The minimum absolute atomic E-state index is 0.297. The van der Waals surface area contributed by atoms with E-state index in [9.17, 15) is 8.42 Å². The van der Waals surface area contributed by atoms with Gasteiger partial charge in [0.15, 0.2) is 0 Å². The minimum atomic E-state index is -3.56. The zero-order valence-electron chi connectivity index (χ0n) is 11.5. The van der Waals surface area contributed by atoms with Crippen LogP contribution >= 0.6 is 15.9 Å². The number of fused-ring (bicyclic) bond motifs is 1. The molecule has 0 saturated heterocycles. The first-order valence-corrected chi connectivity index (χ1v) is 8.85. The summed E-state index contributed by atoms with van der Waals surface area (Å²) in [5, 5.41) is 3.21. The first-order chi connectivity index (χ1) is 9.95. The van der Waals surface area contributed by atoms with Gasteiger partial charge in [-0.2, -0.15) is 0 Å². The highest BCUT2D eigenvalue weighted by atomic mass is 79.9. The second-order valence-corrected chi connectivity index (χ2v) is 7.64. The lowest BCUT2D eigenvalue weighted by Crippen LogP contribution is -2.13. The maximum atomic E-state index is 12.5. The van der Waals surface area contributed by atoms with Crippen LogP contribution in [0.2, 0.25) is 0 Å². The summed E-state index contributed by atoms with van der Waals surface area (Å²) < 4.78 is 28.5. The van der Waals surface area contributed by atoms with Crippen molar-refractivity contribution in [3.63, 3.8) is 0 Å². The molecule has 2 aromatic rings. The van der Waals surface area contributed by atoms with E-state index >= 15 is 0 Å². The molecule has 0 atom stereocenters. The van der Waals surface area contributed by atoms with Crippen molar-refractivity contribution in [2.24, 2.45) is 0 Å². The Labute approximate surface area is 132 Å². The molecule has 0 amide bonds. The Hall–Kier alpha value is -1.37. The molecule has 0 aromatic heterocycles. The molecule has 0 unspecified atom stereocenters. The van der Waals surface area contributed by atoms with E-state index in [4.69, 9.17) is 0 Å². The monoisotopic (exact) mass is 366 g/mol. The fourth-order valence-electron chi connectivity index (χ4n) is 2.36. The van der Waals surface area contributed by atoms with Crippen molar-refractivity contribution >= 4 is 31.6 Å². The third-order valence-electron chi connectivity index (χ3n) is 3.53. The molecule has 110 valence electrons. The fraction of sp³-hybridized carbons (Fsp3) is 0.200. The zero-order chi connectivity index (χ0) is 15.0. The minimum Gasteiger partial charge on any atom is -0.309 e. The molecule has 1 aliphatic heterocycles. The van der Waals surface area contributed by atoms with Crippen LogP contribution < -0.4 is 10.0 Å². The van der Waals surface area contributed by atoms with E-state index in [1.54, 1.807) is 24.3 Å². The van der Waals surface area contributed by atoms with Gasteiger partial charge in [-0.25, -0.2) is 8.42 Å². The summed E-state index contributed by atoms with van der Waals surface area (Å²) in [6, 6.07) is 10.6. The number of nitrogens with one attached hydrogen (secondary N) is 2. The largest absolute Gasteiger partial charge is 0.309 e. The Kier molecular flexibility index (Phi) is 3.77. The molecular weight excluding hydrogens is 352 g/mol. The third kappa shape index (κ3) is 2.97. The lowest BCUT2D eigenvalue weighted by molar-refractivity contribution is 0.601. The molecular formula is C15H15BrN2O2S. The van der Waals surface area contributed by atoms with Gasteiger partial charge < -0.3 is 5.32 Å². The number of anilines is 1. The number of sulfonamides is 1. The van der Waals surface area contributed by atoms with Crippen LogP contribution in [0.15, 0.2) is 45.8 Å². The van der Waals surface area contributed by atoms with E-state index in [1.807, 2.05) is 19.1 Å². The molecule has 1 heterocycles. The predicted molar refractivity (Wildman–Crippen MR) is 86.7 cm³/mol. The van der Waals surface area contributed by atoms with Crippen molar-refractivity contribution in [3.8, 4) is 0 Å². The van der Waals surface area contributed by atoms with Crippen LogP contribution in [-0.4, -0.2) is 8.42 Å². The van der Waals surface area contributed by atoms with Crippen LogP contribution in [0.25, 0.3) is 0 Å². The average Bonchev–Trinajstić information content (AvgIpc) is 2.90. The Bertz CT molecular complexity index is 803. The van der Waals surface area contributed by atoms with Crippen LogP contribution in [0, 0.1) is 6.92 Å². The Morgan fingerprint density at radius 1 is 1.10 bits per heavy atom. The van der Waals surface area contributed by atoms with Gasteiger partial charge in [-0.05, 0) is 53.9 Å². The standard InChI is InChI=1S/C15H15BrN2O2S/c1-10-6-13(3-5-15(10)16)18-21(19,20)14-4-2-11-8-17-9-12(11)7-14/h2-7,17-18H,8-9H2,1H3. The number of aryl methyl sites for hydroxylation is 1. The Morgan fingerprint density at radius 2 is 1.86 bits per heavy atom. The maximum absolute atomic E-state index is 12.5. The van der Waals surface area contributed by atoms with Crippen molar-refractivity contribution in [2.45, 2.75) is 24.9 Å². The van der Waals surface area contributed by atoms with Gasteiger partial charge >= 0.3 is 0 Å². The van der Waals surface area contributed by atoms with Crippen LogP contribution in [0.3, 0.4) is 0 Å². The second-order valence-electron chi connectivity index (χ2n) is 5.10. The Balaban J connectivity index is 1.91. The van der Waals surface area contributed by atoms with Gasteiger partial charge in [-0.3, -0.25) is 4.72 Å². The molecule has 3 rings (SSSR count). The van der Waals surface area contributed by atoms with Crippen molar-refractivity contribution < 1.29 is 8.42 Å². The van der Waals surface area contributed by atoms with Crippen molar-refractivity contribution in [1.82, 2.24) is 5.32 Å². The Morgan fingerprint density at radius 3 is 2.62 bits per heavy atom. The van der Waals surface area contributed by atoms with Gasteiger partial charge in [0.2, 0.25) is 0 Å². The van der Waals surface area contributed by atoms with E-state index in [0.29, 0.717) is 10.6 Å². The molecule has 2 aromatic carbocycles. The smallest absolute Gasteiger partial charge is 0.261 e. The van der Waals surface area contributed by atoms with E-state index in [-0.39, 0.29) is 0 Å². The second kappa shape index (κ2) is 5.44. The SMILES string of the molecule is Cc1cc(NS(=O)(=O)c2ccc3c(c2)CNC3)ccc1Br.